The highest BCUT2D eigenvalue weighted by Gasteiger charge is 2.21. The van der Waals surface area contributed by atoms with Crippen LogP contribution in [0.5, 0.6) is 5.75 Å². The average Bonchev–Trinajstić information content (AvgIpc) is 2.54. The first kappa shape index (κ1) is 16.2. The van der Waals surface area contributed by atoms with Gasteiger partial charge < -0.3 is 14.8 Å². The summed E-state index contributed by atoms with van der Waals surface area (Å²) >= 11 is 0. The zero-order valence-electron chi connectivity index (χ0n) is 11.5. The summed E-state index contributed by atoms with van der Waals surface area (Å²) in [4.78, 5) is 22.2. The van der Waals surface area contributed by atoms with Crippen molar-refractivity contribution in [3.63, 3.8) is 0 Å². The van der Waals surface area contributed by atoms with Gasteiger partial charge in [0.15, 0.2) is 0 Å². The van der Waals surface area contributed by atoms with E-state index < -0.39 is 23.7 Å². The van der Waals surface area contributed by atoms with E-state index >= 15 is 0 Å². The number of nitrogens with zero attached hydrogens (tertiary/aromatic N) is 2. The molecule has 0 amide bonds. The fourth-order valence-electron chi connectivity index (χ4n) is 1.81. The molecule has 0 heterocycles. The quantitative estimate of drug-likeness (QED) is 0.274. The third-order valence-corrected chi connectivity index (χ3v) is 2.89. The van der Waals surface area contributed by atoms with Gasteiger partial charge in [-0.15, -0.1) is 0 Å². The molecule has 0 atom stereocenters. The third-order valence-electron chi connectivity index (χ3n) is 2.89. The number of carbonyl (C=O) groups is 1. The predicted octanol–water partition coefficient (Wildman–Crippen LogP) is 0.365. The standard InChI is InChI=1S/C14H9BN2O6/c16-8-9-3-1-2-4-13(9)23-14(18)10-5-11(15(19)20)7-12(6-10)17(21)22/h1-7,19-20H. The largest absolute Gasteiger partial charge is 0.488 e. The van der Waals surface area contributed by atoms with E-state index in [1.54, 1.807) is 12.1 Å². The number of non-ortho nitro benzene ring substituents is 1. The molecule has 0 unspecified atom stereocenters. The van der Waals surface area contributed by atoms with E-state index in [4.69, 9.17) is 20.0 Å². The van der Waals surface area contributed by atoms with Gasteiger partial charge in [-0.1, -0.05) is 12.1 Å². The van der Waals surface area contributed by atoms with Crippen molar-refractivity contribution in [2.45, 2.75) is 0 Å². The van der Waals surface area contributed by atoms with Gasteiger partial charge in [-0.05, 0) is 23.7 Å². The number of para-hydroxylation sites is 1. The van der Waals surface area contributed by atoms with E-state index in [1.165, 1.54) is 12.1 Å². The van der Waals surface area contributed by atoms with Crippen LogP contribution in [-0.2, 0) is 0 Å². The molecule has 2 N–H and O–H groups in total. The third kappa shape index (κ3) is 3.71. The first-order valence-electron chi connectivity index (χ1n) is 6.29. The molecular formula is C14H9BN2O6. The van der Waals surface area contributed by atoms with E-state index in [2.05, 4.69) is 0 Å². The second kappa shape index (κ2) is 6.70. The van der Waals surface area contributed by atoms with Gasteiger partial charge in [-0.25, -0.2) is 4.79 Å². The van der Waals surface area contributed by atoms with Crippen molar-refractivity contribution in [2.24, 2.45) is 0 Å². The van der Waals surface area contributed by atoms with Crippen LogP contribution in [0.3, 0.4) is 0 Å². The molecule has 2 rings (SSSR count). The smallest absolute Gasteiger partial charge is 0.423 e. The fraction of sp³-hybridized carbons (Fsp3) is 0. The van der Waals surface area contributed by atoms with Crippen molar-refractivity contribution < 1.29 is 24.5 Å². The van der Waals surface area contributed by atoms with Crippen LogP contribution >= 0.6 is 0 Å². The minimum atomic E-state index is -1.98. The summed E-state index contributed by atoms with van der Waals surface area (Å²) in [5, 5.41) is 38.1. The summed E-state index contributed by atoms with van der Waals surface area (Å²) in [7, 11) is -1.98. The molecule has 23 heavy (non-hydrogen) atoms. The minimum Gasteiger partial charge on any atom is -0.423 e. The van der Waals surface area contributed by atoms with E-state index in [9.17, 15) is 14.9 Å². The summed E-state index contributed by atoms with van der Waals surface area (Å²) in [6, 6.07) is 10.8. The molecular weight excluding hydrogens is 303 g/mol. The molecule has 2 aromatic rings. The van der Waals surface area contributed by atoms with E-state index in [0.29, 0.717) is 0 Å². The molecule has 0 aliphatic heterocycles. The van der Waals surface area contributed by atoms with Crippen molar-refractivity contribution in [3.8, 4) is 11.8 Å². The van der Waals surface area contributed by atoms with Crippen molar-refractivity contribution in [1.82, 2.24) is 0 Å². The lowest BCUT2D eigenvalue weighted by molar-refractivity contribution is -0.384. The highest BCUT2D eigenvalue weighted by Crippen LogP contribution is 2.19. The Morgan fingerprint density at radius 1 is 1.26 bits per heavy atom. The Morgan fingerprint density at radius 3 is 2.57 bits per heavy atom. The summed E-state index contributed by atoms with van der Waals surface area (Å²) < 4.78 is 5.04. The fourth-order valence-corrected chi connectivity index (χ4v) is 1.81. The molecule has 8 nitrogen and oxygen atoms in total. The number of hydrogen-bond donors (Lipinski definition) is 2. The number of esters is 1. The van der Waals surface area contributed by atoms with E-state index in [-0.39, 0.29) is 22.3 Å². The first-order chi connectivity index (χ1) is 10.9. The van der Waals surface area contributed by atoms with Crippen LogP contribution in [0.1, 0.15) is 15.9 Å². The van der Waals surface area contributed by atoms with Crippen LogP contribution in [-0.4, -0.2) is 28.1 Å². The van der Waals surface area contributed by atoms with Gasteiger partial charge in [0.25, 0.3) is 5.69 Å². The summed E-state index contributed by atoms with van der Waals surface area (Å²) in [6.45, 7) is 0. The lowest BCUT2D eigenvalue weighted by atomic mass is 9.79. The zero-order chi connectivity index (χ0) is 17.0. The second-order valence-electron chi connectivity index (χ2n) is 4.44. The van der Waals surface area contributed by atoms with Gasteiger partial charge in [0.05, 0.1) is 16.1 Å². The summed E-state index contributed by atoms with van der Waals surface area (Å²) in [5.41, 5.74) is -0.834. The van der Waals surface area contributed by atoms with Crippen LogP contribution < -0.4 is 10.2 Å². The molecule has 0 fully saturated rings. The maximum Gasteiger partial charge on any atom is 0.488 e. The number of nitro groups is 1. The molecule has 0 aliphatic carbocycles. The van der Waals surface area contributed by atoms with Gasteiger partial charge in [0.2, 0.25) is 0 Å². The number of ether oxygens (including phenoxy) is 1. The maximum absolute atomic E-state index is 12.1. The topological polar surface area (TPSA) is 134 Å². The Hall–Kier alpha value is -3.22. The lowest BCUT2D eigenvalue weighted by Crippen LogP contribution is -2.31. The second-order valence-corrected chi connectivity index (χ2v) is 4.44. The van der Waals surface area contributed by atoms with Gasteiger partial charge in [0.1, 0.15) is 11.8 Å². The Balaban J connectivity index is 2.39. The Kier molecular flexibility index (Phi) is 4.71. The molecule has 9 heteroatoms. The lowest BCUT2D eigenvalue weighted by Gasteiger charge is -2.07. The van der Waals surface area contributed by atoms with Crippen molar-refractivity contribution in [3.05, 3.63) is 63.7 Å². The molecule has 114 valence electrons. The SMILES string of the molecule is N#Cc1ccccc1OC(=O)c1cc(B(O)O)cc([N+](=O)[O-])c1. The number of hydrogen-bond acceptors (Lipinski definition) is 7. The summed E-state index contributed by atoms with van der Waals surface area (Å²) in [6.07, 6.45) is 0. The highest BCUT2D eigenvalue weighted by atomic mass is 16.6. The molecule has 0 radical (unpaired) electrons. The van der Waals surface area contributed by atoms with Gasteiger partial charge in [0, 0.05) is 12.1 Å². The predicted molar refractivity (Wildman–Crippen MR) is 79.0 cm³/mol. The van der Waals surface area contributed by atoms with Gasteiger partial charge >= 0.3 is 13.1 Å². The Bertz CT molecular complexity index is 815. The molecule has 0 aromatic heterocycles. The summed E-state index contributed by atoms with van der Waals surface area (Å²) in [5.74, 6) is -0.962. The molecule has 2 aromatic carbocycles. The molecule has 0 saturated carbocycles. The molecule has 0 aliphatic rings. The van der Waals surface area contributed by atoms with Crippen LogP contribution in [0.4, 0.5) is 5.69 Å². The minimum absolute atomic E-state index is 0.00222. The van der Waals surface area contributed by atoms with Crippen LogP contribution in [0.2, 0.25) is 0 Å². The van der Waals surface area contributed by atoms with Crippen molar-refractivity contribution in [2.75, 3.05) is 0 Å². The first-order valence-corrected chi connectivity index (χ1v) is 6.29. The maximum atomic E-state index is 12.1. The number of benzene rings is 2. The average molecular weight is 312 g/mol. The molecule has 0 spiro atoms. The van der Waals surface area contributed by atoms with E-state index in [1.807, 2.05) is 6.07 Å². The van der Waals surface area contributed by atoms with Gasteiger partial charge in [-0.3, -0.25) is 10.1 Å². The van der Waals surface area contributed by atoms with Crippen LogP contribution in [0.15, 0.2) is 42.5 Å². The number of nitriles is 1. The molecule has 0 saturated heterocycles. The van der Waals surface area contributed by atoms with Gasteiger partial charge in [-0.2, -0.15) is 5.26 Å². The normalized spacial score (nSPS) is 9.78. The monoisotopic (exact) mass is 312 g/mol. The van der Waals surface area contributed by atoms with Crippen molar-refractivity contribution in [1.29, 1.82) is 5.26 Å². The van der Waals surface area contributed by atoms with Crippen LogP contribution in [0.25, 0.3) is 0 Å². The number of nitro benzene ring substituents is 1. The molecule has 0 bridgehead atoms. The zero-order valence-corrected chi connectivity index (χ0v) is 11.5. The number of rotatable bonds is 4. The number of carbonyl (C=O) groups excluding carboxylic acids is 1. The Labute approximate surface area is 130 Å². The van der Waals surface area contributed by atoms with Crippen LogP contribution in [0, 0.1) is 21.4 Å². The van der Waals surface area contributed by atoms with Crippen molar-refractivity contribution >= 4 is 24.2 Å². The Morgan fingerprint density at radius 2 is 1.96 bits per heavy atom. The van der Waals surface area contributed by atoms with E-state index in [0.717, 1.165) is 18.2 Å². The highest BCUT2D eigenvalue weighted by molar-refractivity contribution is 6.58.